The van der Waals surface area contributed by atoms with Crippen LogP contribution in [0, 0.1) is 5.92 Å². The van der Waals surface area contributed by atoms with Crippen LogP contribution < -0.4 is 0 Å². The van der Waals surface area contributed by atoms with Crippen molar-refractivity contribution in [1.82, 2.24) is 9.88 Å². The first kappa shape index (κ1) is 12.8. The lowest BCUT2D eigenvalue weighted by Gasteiger charge is -2.19. The number of hydrogen-bond acceptors (Lipinski definition) is 2. The smallest absolute Gasteiger partial charge is 0.135 e. The largest absolute Gasteiger partial charge is 0.302 e. The first-order chi connectivity index (χ1) is 6.99. The van der Waals surface area contributed by atoms with E-state index in [0.29, 0.717) is 16.2 Å². The quantitative estimate of drug-likeness (QED) is 0.757. The Labute approximate surface area is 101 Å². The highest BCUT2D eigenvalue weighted by Crippen LogP contribution is 2.18. The van der Waals surface area contributed by atoms with Crippen LogP contribution in [0.15, 0.2) is 12.1 Å². The summed E-state index contributed by atoms with van der Waals surface area (Å²) in [6.07, 6.45) is 0. The predicted molar refractivity (Wildman–Crippen MR) is 65.4 cm³/mol. The van der Waals surface area contributed by atoms with E-state index in [1.54, 1.807) is 6.07 Å². The monoisotopic (exact) mass is 246 g/mol. The Bertz CT molecular complexity index is 326. The third-order valence-corrected chi connectivity index (χ3v) is 2.55. The Morgan fingerprint density at radius 1 is 1.33 bits per heavy atom. The van der Waals surface area contributed by atoms with Crippen LogP contribution >= 0.6 is 23.2 Å². The molecule has 0 saturated carbocycles. The summed E-state index contributed by atoms with van der Waals surface area (Å²) in [7, 11) is 2.07. The van der Waals surface area contributed by atoms with Crippen molar-refractivity contribution in [2.75, 3.05) is 13.6 Å². The Hall–Kier alpha value is -0.310. The molecule has 1 rings (SSSR count). The molecule has 0 aliphatic rings. The van der Waals surface area contributed by atoms with Gasteiger partial charge in [0.15, 0.2) is 0 Å². The maximum atomic E-state index is 5.99. The molecule has 0 bridgehead atoms. The third-order valence-electron chi connectivity index (χ3n) is 2.01. The van der Waals surface area contributed by atoms with Crippen LogP contribution in [0.2, 0.25) is 10.3 Å². The van der Waals surface area contributed by atoms with Crippen molar-refractivity contribution in [3.63, 3.8) is 0 Å². The molecule has 0 spiro atoms. The molecule has 2 nitrogen and oxygen atoms in total. The Kier molecular flexibility index (Phi) is 4.84. The maximum absolute atomic E-state index is 5.99. The van der Waals surface area contributed by atoms with Gasteiger partial charge in [0.05, 0.1) is 0 Å². The second-order valence-corrected chi connectivity index (χ2v) is 4.92. The summed E-state index contributed by atoms with van der Waals surface area (Å²) in [4.78, 5) is 6.23. The molecule has 0 unspecified atom stereocenters. The lowest BCUT2D eigenvalue weighted by Crippen LogP contribution is -2.22. The molecule has 1 heterocycles. The van der Waals surface area contributed by atoms with Gasteiger partial charge in [-0.05, 0) is 19.0 Å². The molecule has 0 aromatic carbocycles. The van der Waals surface area contributed by atoms with E-state index in [2.05, 4.69) is 30.8 Å². The fourth-order valence-corrected chi connectivity index (χ4v) is 1.94. The summed E-state index contributed by atoms with van der Waals surface area (Å²) in [5.74, 6) is 0.647. The highest BCUT2D eigenvalue weighted by Gasteiger charge is 2.07. The number of halogens is 2. The van der Waals surface area contributed by atoms with Gasteiger partial charge in [-0.2, -0.15) is 0 Å². The molecule has 84 valence electrons. The van der Waals surface area contributed by atoms with E-state index in [-0.39, 0.29) is 0 Å². The summed E-state index contributed by atoms with van der Waals surface area (Å²) in [6.45, 7) is 6.23. The molecule has 1 aromatic heterocycles. The molecule has 0 saturated heterocycles. The van der Waals surface area contributed by atoms with Crippen LogP contribution in [0.25, 0.3) is 0 Å². The van der Waals surface area contributed by atoms with Crippen LogP contribution in [0.5, 0.6) is 0 Å². The molecule has 0 aliphatic heterocycles. The number of nitrogens with zero attached hydrogens (tertiary/aromatic N) is 2. The fraction of sp³-hybridized carbons (Fsp3) is 0.545. The number of pyridine rings is 1. The highest BCUT2D eigenvalue weighted by atomic mass is 35.5. The minimum absolute atomic E-state index is 0.440. The van der Waals surface area contributed by atoms with Crippen molar-refractivity contribution < 1.29 is 0 Å². The molecule has 1 aromatic rings. The minimum Gasteiger partial charge on any atom is -0.302 e. The zero-order valence-electron chi connectivity index (χ0n) is 9.30. The average molecular weight is 247 g/mol. The van der Waals surface area contributed by atoms with Crippen molar-refractivity contribution in [3.8, 4) is 0 Å². The van der Waals surface area contributed by atoms with E-state index in [9.17, 15) is 0 Å². The normalized spacial score (nSPS) is 11.4. The first-order valence-corrected chi connectivity index (χ1v) is 5.74. The molecular formula is C11H16Cl2N2. The number of hydrogen-bond donors (Lipinski definition) is 0. The molecule has 0 aliphatic carbocycles. The number of aromatic nitrogens is 1. The molecular weight excluding hydrogens is 231 g/mol. The highest BCUT2D eigenvalue weighted by molar-refractivity contribution is 6.32. The lowest BCUT2D eigenvalue weighted by molar-refractivity contribution is 0.288. The van der Waals surface area contributed by atoms with Gasteiger partial charge < -0.3 is 4.90 Å². The van der Waals surface area contributed by atoms with E-state index in [0.717, 1.165) is 18.7 Å². The van der Waals surface area contributed by atoms with Crippen molar-refractivity contribution in [1.29, 1.82) is 0 Å². The summed E-state index contributed by atoms with van der Waals surface area (Å²) in [5, 5.41) is 0.938. The Morgan fingerprint density at radius 2 is 2.00 bits per heavy atom. The van der Waals surface area contributed by atoms with Gasteiger partial charge in [0.1, 0.15) is 10.3 Å². The van der Waals surface area contributed by atoms with Gasteiger partial charge >= 0.3 is 0 Å². The second-order valence-electron chi connectivity index (χ2n) is 4.17. The van der Waals surface area contributed by atoms with Gasteiger partial charge in [0.2, 0.25) is 0 Å². The van der Waals surface area contributed by atoms with Crippen molar-refractivity contribution in [2.45, 2.75) is 20.4 Å². The van der Waals surface area contributed by atoms with Gasteiger partial charge in [-0.25, -0.2) is 4.98 Å². The molecule has 0 fully saturated rings. The molecule has 15 heavy (non-hydrogen) atoms. The van der Waals surface area contributed by atoms with Crippen molar-refractivity contribution >= 4 is 23.2 Å². The lowest BCUT2D eigenvalue weighted by atomic mass is 10.2. The van der Waals surface area contributed by atoms with E-state index in [1.165, 1.54) is 0 Å². The Morgan fingerprint density at radius 3 is 2.53 bits per heavy atom. The van der Waals surface area contributed by atoms with Gasteiger partial charge in [0, 0.05) is 18.7 Å². The summed E-state index contributed by atoms with van der Waals surface area (Å²) >= 11 is 11.7. The molecule has 0 radical (unpaired) electrons. The van der Waals surface area contributed by atoms with Crippen molar-refractivity contribution in [2.24, 2.45) is 5.92 Å². The standard InChI is InChI=1S/C11H16Cl2N2/c1-8(2)6-15(3)7-9-4-5-10(12)14-11(9)13/h4-5,8H,6-7H2,1-3H3. The fourth-order valence-electron chi connectivity index (χ4n) is 1.54. The molecule has 0 atom stereocenters. The second kappa shape index (κ2) is 5.69. The predicted octanol–water partition coefficient (Wildman–Crippen LogP) is 3.48. The van der Waals surface area contributed by atoms with Gasteiger partial charge in [0.25, 0.3) is 0 Å². The van der Waals surface area contributed by atoms with Crippen LogP contribution in [-0.2, 0) is 6.54 Å². The summed E-state index contributed by atoms with van der Waals surface area (Å²) in [6, 6.07) is 3.69. The van der Waals surface area contributed by atoms with E-state index < -0.39 is 0 Å². The zero-order chi connectivity index (χ0) is 11.4. The molecule has 0 amide bonds. The number of rotatable bonds is 4. The van der Waals surface area contributed by atoms with Gasteiger partial charge in [-0.1, -0.05) is 43.1 Å². The van der Waals surface area contributed by atoms with E-state index in [4.69, 9.17) is 23.2 Å². The van der Waals surface area contributed by atoms with E-state index in [1.807, 2.05) is 6.07 Å². The summed E-state index contributed by atoms with van der Waals surface area (Å²) in [5.41, 5.74) is 1.02. The Balaban J connectivity index is 2.64. The van der Waals surface area contributed by atoms with E-state index >= 15 is 0 Å². The first-order valence-electron chi connectivity index (χ1n) is 4.98. The minimum atomic E-state index is 0.440. The van der Waals surface area contributed by atoms with Crippen molar-refractivity contribution in [3.05, 3.63) is 28.0 Å². The topological polar surface area (TPSA) is 16.1 Å². The maximum Gasteiger partial charge on any atom is 0.135 e. The third kappa shape index (κ3) is 4.37. The SMILES string of the molecule is CC(C)CN(C)Cc1ccc(Cl)nc1Cl. The average Bonchev–Trinajstić information content (AvgIpc) is 2.08. The van der Waals surface area contributed by atoms with Crippen LogP contribution in [-0.4, -0.2) is 23.5 Å². The zero-order valence-corrected chi connectivity index (χ0v) is 10.8. The van der Waals surface area contributed by atoms with Gasteiger partial charge in [-0.3, -0.25) is 0 Å². The molecule has 4 heteroatoms. The summed E-state index contributed by atoms with van der Waals surface area (Å²) < 4.78 is 0. The van der Waals surface area contributed by atoms with Crippen LogP contribution in [0.1, 0.15) is 19.4 Å². The van der Waals surface area contributed by atoms with Crippen LogP contribution in [0.3, 0.4) is 0 Å². The molecule has 0 N–H and O–H groups in total. The van der Waals surface area contributed by atoms with Gasteiger partial charge in [-0.15, -0.1) is 0 Å². The van der Waals surface area contributed by atoms with Crippen LogP contribution in [0.4, 0.5) is 0 Å².